The van der Waals surface area contributed by atoms with Gasteiger partial charge in [-0.05, 0) is 42.7 Å². The minimum absolute atomic E-state index is 0.110. The van der Waals surface area contributed by atoms with Crippen molar-refractivity contribution < 1.29 is 13.9 Å². The van der Waals surface area contributed by atoms with Gasteiger partial charge in [0.05, 0.1) is 5.56 Å². The van der Waals surface area contributed by atoms with Gasteiger partial charge >= 0.3 is 0 Å². The number of benzene rings is 1. The number of nitrogens with zero attached hydrogens (tertiary/aromatic N) is 1. The van der Waals surface area contributed by atoms with Gasteiger partial charge in [0.25, 0.3) is 5.91 Å². The molecule has 0 radical (unpaired) electrons. The number of hydrogen-bond donors (Lipinski definition) is 1. The SMILES string of the molecule is O=C(NC1CCOCC1)c1ccc(Cc2cccc(F)c2)nc1. The summed E-state index contributed by atoms with van der Waals surface area (Å²) in [5, 5.41) is 3.00. The van der Waals surface area contributed by atoms with E-state index in [1.165, 1.54) is 12.1 Å². The molecule has 2 aromatic rings. The molecule has 0 aliphatic carbocycles. The van der Waals surface area contributed by atoms with Gasteiger partial charge in [-0.2, -0.15) is 0 Å². The van der Waals surface area contributed by atoms with Crippen LogP contribution in [0.3, 0.4) is 0 Å². The van der Waals surface area contributed by atoms with Crippen LogP contribution in [0.4, 0.5) is 4.39 Å². The summed E-state index contributed by atoms with van der Waals surface area (Å²) < 4.78 is 18.5. The van der Waals surface area contributed by atoms with Crippen LogP contribution in [0.5, 0.6) is 0 Å². The van der Waals surface area contributed by atoms with E-state index in [-0.39, 0.29) is 17.8 Å². The molecule has 1 aliphatic heterocycles. The van der Waals surface area contributed by atoms with E-state index < -0.39 is 0 Å². The number of carbonyl (C=O) groups excluding carboxylic acids is 1. The van der Waals surface area contributed by atoms with Gasteiger partial charge < -0.3 is 10.1 Å². The summed E-state index contributed by atoms with van der Waals surface area (Å²) in [6, 6.07) is 10.2. The molecule has 23 heavy (non-hydrogen) atoms. The number of aromatic nitrogens is 1. The molecule has 1 fully saturated rings. The van der Waals surface area contributed by atoms with E-state index in [0.717, 1.165) is 24.1 Å². The maximum atomic E-state index is 13.2. The van der Waals surface area contributed by atoms with Crippen LogP contribution in [-0.2, 0) is 11.2 Å². The minimum Gasteiger partial charge on any atom is -0.381 e. The van der Waals surface area contributed by atoms with Crippen LogP contribution in [0.2, 0.25) is 0 Å². The van der Waals surface area contributed by atoms with E-state index in [1.807, 2.05) is 12.1 Å². The molecule has 2 heterocycles. The van der Waals surface area contributed by atoms with Crippen molar-refractivity contribution in [2.45, 2.75) is 25.3 Å². The number of rotatable bonds is 4. The summed E-state index contributed by atoms with van der Waals surface area (Å²) in [6.45, 7) is 1.38. The Kier molecular flexibility index (Phi) is 4.98. The minimum atomic E-state index is -0.255. The second-order valence-electron chi connectivity index (χ2n) is 5.71. The van der Waals surface area contributed by atoms with E-state index in [1.54, 1.807) is 18.3 Å². The Hall–Kier alpha value is -2.27. The summed E-state index contributed by atoms with van der Waals surface area (Å²) in [5.74, 6) is -0.364. The summed E-state index contributed by atoms with van der Waals surface area (Å²) >= 11 is 0. The number of pyridine rings is 1. The number of carbonyl (C=O) groups is 1. The molecule has 5 heteroatoms. The van der Waals surface area contributed by atoms with Gasteiger partial charge in [-0.1, -0.05) is 12.1 Å². The van der Waals surface area contributed by atoms with Gasteiger partial charge in [-0.25, -0.2) is 4.39 Å². The Morgan fingerprint density at radius 3 is 2.78 bits per heavy atom. The van der Waals surface area contributed by atoms with Crippen LogP contribution in [0, 0.1) is 5.82 Å². The molecule has 3 rings (SSSR count). The summed E-state index contributed by atoms with van der Waals surface area (Å²) in [6.07, 6.45) is 3.80. The standard InChI is InChI=1S/C18H19FN2O2/c19-15-3-1-2-13(10-15)11-17-5-4-14(12-20-17)18(22)21-16-6-8-23-9-7-16/h1-5,10,12,16H,6-9,11H2,(H,21,22). The Morgan fingerprint density at radius 2 is 2.09 bits per heavy atom. The van der Waals surface area contributed by atoms with Crippen molar-refractivity contribution in [3.8, 4) is 0 Å². The molecular formula is C18H19FN2O2. The highest BCUT2D eigenvalue weighted by atomic mass is 19.1. The largest absolute Gasteiger partial charge is 0.381 e. The topological polar surface area (TPSA) is 51.2 Å². The molecule has 0 bridgehead atoms. The predicted octanol–water partition coefficient (Wildman–Crippen LogP) is 2.72. The van der Waals surface area contributed by atoms with Crippen molar-refractivity contribution >= 4 is 5.91 Å². The van der Waals surface area contributed by atoms with Crippen LogP contribution in [0.15, 0.2) is 42.6 Å². The molecule has 1 aliphatic rings. The molecule has 1 aromatic carbocycles. The van der Waals surface area contributed by atoms with Gasteiger partial charge in [0.2, 0.25) is 0 Å². The molecule has 0 spiro atoms. The molecule has 4 nitrogen and oxygen atoms in total. The van der Waals surface area contributed by atoms with E-state index in [4.69, 9.17) is 4.74 Å². The third-order valence-corrected chi connectivity index (χ3v) is 3.92. The number of ether oxygens (including phenoxy) is 1. The summed E-state index contributed by atoms with van der Waals surface area (Å²) in [4.78, 5) is 16.5. The van der Waals surface area contributed by atoms with E-state index in [2.05, 4.69) is 10.3 Å². The van der Waals surface area contributed by atoms with E-state index in [9.17, 15) is 9.18 Å². The van der Waals surface area contributed by atoms with Gasteiger partial charge in [0.15, 0.2) is 0 Å². The fraction of sp³-hybridized carbons (Fsp3) is 0.333. The molecule has 1 N–H and O–H groups in total. The van der Waals surface area contributed by atoms with Crippen LogP contribution in [-0.4, -0.2) is 30.1 Å². The van der Waals surface area contributed by atoms with Gasteiger partial charge in [0, 0.05) is 37.6 Å². The average molecular weight is 314 g/mol. The zero-order valence-electron chi connectivity index (χ0n) is 12.8. The van der Waals surface area contributed by atoms with Gasteiger partial charge in [-0.15, -0.1) is 0 Å². The zero-order chi connectivity index (χ0) is 16.1. The third kappa shape index (κ3) is 4.36. The van der Waals surface area contributed by atoms with Crippen molar-refractivity contribution in [3.05, 3.63) is 65.2 Å². The van der Waals surface area contributed by atoms with Crippen LogP contribution in [0.1, 0.15) is 34.5 Å². The first kappa shape index (κ1) is 15.6. The monoisotopic (exact) mass is 314 g/mol. The highest BCUT2D eigenvalue weighted by Gasteiger charge is 2.17. The second kappa shape index (κ2) is 7.33. The average Bonchev–Trinajstić information content (AvgIpc) is 2.56. The molecule has 1 aromatic heterocycles. The Bertz CT molecular complexity index is 667. The number of amides is 1. The fourth-order valence-electron chi connectivity index (χ4n) is 2.63. The van der Waals surface area contributed by atoms with Gasteiger partial charge in [-0.3, -0.25) is 9.78 Å². The van der Waals surface area contributed by atoms with Crippen molar-refractivity contribution in [1.29, 1.82) is 0 Å². The quantitative estimate of drug-likeness (QED) is 0.944. The van der Waals surface area contributed by atoms with E-state index >= 15 is 0 Å². The second-order valence-corrected chi connectivity index (χ2v) is 5.71. The highest BCUT2D eigenvalue weighted by molar-refractivity contribution is 5.94. The number of halogens is 1. The Morgan fingerprint density at radius 1 is 1.26 bits per heavy atom. The van der Waals surface area contributed by atoms with Gasteiger partial charge in [0.1, 0.15) is 5.82 Å². The number of nitrogens with one attached hydrogen (secondary N) is 1. The lowest BCUT2D eigenvalue weighted by atomic mass is 10.1. The van der Waals surface area contributed by atoms with E-state index in [0.29, 0.717) is 25.2 Å². The zero-order valence-corrected chi connectivity index (χ0v) is 12.8. The third-order valence-electron chi connectivity index (χ3n) is 3.92. The van der Waals surface area contributed by atoms with Crippen molar-refractivity contribution in [3.63, 3.8) is 0 Å². The molecule has 120 valence electrons. The highest BCUT2D eigenvalue weighted by Crippen LogP contribution is 2.11. The molecular weight excluding hydrogens is 295 g/mol. The van der Waals surface area contributed by atoms with Crippen molar-refractivity contribution in [2.24, 2.45) is 0 Å². The molecule has 0 saturated carbocycles. The first-order chi connectivity index (χ1) is 11.2. The number of hydrogen-bond acceptors (Lipinski definition) is 3. The molecule has 1 saturated heterocycles. The lowest BCUT2D eigenvalue weighted by molar-refractivity contribution is 0.0696. The molecule has 0 atom stereocenters. The lowest BCUT2D eigenvalue weighted by Gasteiger charge is -2.23. The molecule has 1 amide bonds. The fourth-order valence-corrected chi connectivity index (χ4v) is 2.63. The first-order valence-corrected chi connectivity index (χ1v) is 7.79. The normalized spacial score (nSPS) is 15.3. The van der Waals surface area contributed by atoms with Crippen LogP contribution >= 0.6 is 0 Å². The smallest absolute Gasteiger partial charge is 0.253 e. The van der Waals surface area contributed by atoms with Crippen LogP contribution < -0.4 is 5.32 Å². The predicted molar refractivity (Wildman–Crippen MR) is 84.8 cm³/mol. The van der Waals surface area contributed by atoms with Crippen molar-refractivity contribution in [1.82, 2.24) is 10.3 Å². The van der Waals surface area contributed by atoms with Crippen LogP contribution in [0.25, 0.3) is 0 Å². The Balaban J connectivity index is 1.61. The molecule has 0 unspecified atom stereocenters. The summed E-state index contributed by atoms with van der Waals surface area (Å²) in [5.41, 5.74) is 2.20. The lowest BCUT2D eigenvalue weighted by Crippen LogP contribution is -2.38. The van der Waals surface area contributed by atoms with Crippen molar-refractivity contribution in [2.75, 3.05) is 13.2 Å². The maximum absolute atomic E-state index is 13.2. The first-order valence-electron chi connectivity index (χ1n) is 7.79. The Labute approximate surface area is 134 Å². The summed E-state index contributed by atoms with van der Waals surface area (Å²) in [7, 11) is 0. The maximum Gasteiger partial charge on any atom is 0.253 e.